The summed E-state index contributed by atoms with van der Waals surface area (Å²) in [4.78, 5) is 24.3. The molecule has 0 radical (unpaired) electrons. The topological polar surface area (TPSA) is 58.6 Å². The Morgan fingerprint density at radius 3 is 2.15 bits per heavy atom. The van der Waals surface area contributed by atoms with E-state index in [9.17, 15) is 18.0 Å². The minimum atomic E-state index is -4.31. The van der Waals surface area contributed by atoms with Crippen LogP contribution in [0.5, 0.6) is 5.75 Å². The molecule has 0 unspecified atom stereocenters. The molecule has 6 nitrogen and oxygen atoms in total. The number of hydrogen-bond donors (Lipinski definition) is 0. The Bertz CT molecular complexity index is 1160. The lowest BCUT2D eigenvalue weighted by Crippen LogP contribution is -2.43. The summed E-state index contributed by atoms with van der Waals surface area (Å²) < 4.78 is 74.6. The smallest absolute Gasteiger partial charge is 0.408 e. The summed E-state index contributed by atoms with van der Waals surface area (Å²) in [6, 6.07) is 2.28. The summed E-state index contributed by atoms with van der Waals surface area (Å²) in [6.07, 6.45) is -4.11. The third kappa shape index (κ3) is 7.16. The normalized spacial score (nSPS) is 15.7. The number of hydrogen-bond acceptors (Lipinski definition) is 5. The van der Waals surface area contributed by atoms with E-state index in [0.717, 1.165) is 6.07 Å². The zero-order chi connectivity index (χ0) is 29.3. The number of carbonyl (C=O) groups is 1. The van der Waals surface area contributed by atoms with Gasteiger partial charge in [0.1, 0.15) is 10.7 Å². The molecule has 0 bridgehead atoms. The first-order valence-corrected chi connectivity index (χ1v) is 13.2. The molecular weight excluding hydrogens is 543 g/mol. The number of aryl methyl sites for hydroxylation is 2. The molecule has 2 aromatic heterocycles. The highest BCUT2D eigenvalue weighted by molar-refractivity contribution is 6.33. The number of pyridine rings is 2. The number of likely N-dealkylation sites (tertiary alicyclic amines) is 1. The second kappa shape index (κ2) is 11.9. The number of rotatable bonds is 7. The third-order valence-electron chi connectivity index (χ3n) is 6.85. The third-order valence-corrected chi connectivity index (χ3v) is 7.30. The largest absolute Gasteiger partial charge is 0.415 e. The molecule has 0 saturated carbocycles. The number of alkyl halides is 5. The van der Waals surface area contributed by atoms with Crippen molar-refractivity contribution in [2.45, 2.75) is 78.6 Å². The van der Waals surface area contributed by atoms with Gasteiger partial charge in [0, 0.05) is 35.1 Å². The first-order valence-electron chi connectivity index (χ1n) is 12.8. The molecule has 0 aliphatic carbocycles. The Morgan fingerprint density at radius 1 is 1.08 bits per heavy atom. The lowest BCUT2D eigenvalue weighted by Gasteiger charge is -2.34. The van der Waals surface area contributed by atoms with E-state index in [4.69, 9.17) is 16.3 Å². The lowest BCUT2D eigenvalue weighted by molar-refractivity contribution is -0.187. The molecule has 1 saturated heterocycles. The molecule has 1 aliphatic heterocycles. The molecule has 1 aliphatic rings. The predicted octanol–water partition coefficient (Wildman–Crippen LogP) is 7.40. The monoisotopic (exact) mass is 576 g/mol. The number of amides is 1. The van der Waals surface area contributed by atoms with Gasteiger partial charge in [0.2, 0.25) is 0 Å². The molecule has 0 N–H and O–H groups in total. The fourth-order valence-electron chi connectivity index (χ4n) is 4.93. The number of nitrogens with zero attached hydrogens (tertiary/aromatic N) is 4. The Hall–Kier alpha value is -2.53. The Labute approximate surface area is 230 Å². The van der Waals surface area contributed by atoms with Crippen molar-refractivity contribution in [3.05, 3.63) is 40.4 Å². The van der Waals surface area contributed by atoms with Gasteiger partial charge in [0.15, 0.2) is 5.75 Å². The molecule has 0 atom stereocenters. The molecule has 2 aromatic rings. The second-order valence-electron chi connectivity index (χ2n) is 10.5. The van der Waals surface area contributed by atoms with Crippen LogP contribution in [0.25, 0.3) is 11.1 Å². The second-order valence-corrected chi connectivity index (χ2v) is 10.9. The van der Waals surface area contributed by atoms with Crippen LogP contribution < -0.4 is 4.74 Å². The van der Waals surface area contributed by atoms with Crippen LogP contribution >= 0.6 is 11.6 Å². The minimum absolute atomic E-state index is 0.0619. The standard InChI is InChI=1S/C27H34ClF5N4O2/c1-15(2)37(16(3)4)25(38)39-24-22(17(5)35-18(6)23(24)28)19-7-8-21(34-13-19)26(29,30)14-36-11-9-20(10-12-36)27(31,32)33/h7-8,13,15-16,20H,9-12,14H2,1-6H3. The predicted molar refractivity (Wildman–Crippen MR) is 139 cm³/mol. The van der Waals surface area contributed by atoms with Gasteiger partial charge in [0.25, 0.3) is 0 Å². The molecule has 0 aromatic carbocycles. The van der Waals surface area contributed by atoms with Gasteiger partial charge in [-0.15, -0.1) is 0 Å². The van der Waals surface area contributed by atoms with Crippen LogP contribution in [-0.4, -0.2) is 63.8 Å². The number of halogens is 6. The van der Waals surface area contributed by atoms with E-state index < -0.39 is 36.3 Å². The van der Waals surface area contributed by atoms with E-state index in [1.165, 1.54) is 17.2 Å². The molecule has 216 valence electrons. The van der Waals surface area contributed by atoms with Crippen LogP contribution in [0.4, 0.5) is 26.7 Å². The zero-order valence-electron chi connectivity index (χ0n) is 22.9. The number of ether oxygens (including phenoxy) is 1. The molecule has 3 heterocycles. The highest BCUT2D eigenvalue weighted by Gasteiger charge is 2.43. The van der Waals surface area contributed by atoms with Gasteiger partial charge < -0.3 is 9.64 Å². The van der Waals surface area contributed by atoms with Crippen molar-refractivity contribution in [3.63, 3.8) is 0 Å². The van der Waals surface area contributed by atoms with Crippen molar-refractivity contribution < 1.29 is 31.5 Å². The van der Waals surface area contributed by atoms with Gasteiger partial charge in [-0.1, -0.05) is 17.7 Å². The average molecular weight is 577 g/mol. The van der Waals surface area contributed by atoms with Crippen molar-refractivity contribution in [2.24, 2.45) is 5.92 Å². The van der Waals surface area contributed by atoms with Crippen molar-refractivity contribution in [1.29, 1.82) is 0 Å². The van der Waals surface area contributed by atoms with Crippen LogP contribution in [0.2, 0.25) is 5.02 Å². The van der Waals surface area contributed by atoms with Crippen LogP contribution in [0.15, 0.2) is 18.3 Å². The van der Waals surface area contributed by atoms with E-state index in [1.54, 1.807) is 18.7 Å². The summed E-state index contributed by atoms with van der Waals surface area (Å²) in [5, 5.41) is 0.119. The highest BCUT2D eigenvalue weighted by atomic mass is 35.5. The van der Waals surface area contributed by atoms with E-state index >= 15 is 8.78 Å². The average Bonchev–Trinajstić information content (AvgIpc) is 2.81. The molecule has 1 fully saturated rings. The zero-order valence-corrected chi connectivity index (χ0v) is 23.6. The van der Waals surface area contributed by atoms with E-state index in [-0.39, 0.29) is 48.8 Å². The van der Waals surface area contributed by atoms with Crippen LogP contribution in [0.1, 0.15) is 57.6 Å². The van der Waals surface area contributed by atoms with E-state index in [1.807, 2.05) is 27.7 Å². The van der Waals surface area contributed by atoms with Gasteiger partial charge in [-0.25, -0.2) is 4.79 Å². The molecule has 1 amide bonds. The maximum atomic E-state index is 15.1. The maximum Gasteiger partial charge on any atom is 0.415 e. The molecule has 0 spiro atoms. The fourth-order valence-corrected chi connectivity index (χ4v) is 5.10. The molecule has 12 heteroatoms. The molecule has 3 rings (SSSR count). The van der Waals surface area contributed by atoms with Crippen molar-refractivity contribution in [1.82, 2.24) is 19.8 Å². The number of piperidine rings is 1. The van der Waals surface area contributed by atoms with Gasteiger partial charge >= 0.3 is 18.2 Å². The van der Waals surface area contributed by atoms with Crippen LogP contribution in [0, 0.1) is 19.8 Å². The first kappa shape index (κ1) is 31.0. The van der Waals surface area contributed by atoms with Crippen molar-refractivity contribution in [2.75, 3.05) is 19.6 Å². The minimum Gasteiger partial charge on any atom is -0.408 e. The summed E-state index contributed by atoms with van der Waals surface area (Å²) in [5.74, 6) is -4.78. The maximum absolute atomic E-state index is 15.1. The lowest BCUT2D eigenvalue weighted by atomic mass is 9.96. The van der Waals surface area contributed by atoms with Crippen molar-refractivity contribution >= 4 is 17.7 Å². The van der Waals surface area contributed by atoms with Crippen LogP contribution in [0.3, 0.4) is 0 Å². The Morgan fingerprint density at radius 2 is 1.67 bits per heavy atom. The Balaban J connectivity index is 1.86. The number of carbonyl (C=O) groups excluding carboxylic acids is 1. The number of aromatic nitrogens is 2. The summed E-state index contributed by atoms with van der Waals surface area (Å²) in [7, 11) is 0. The SMILES string of the molecule is Cc1nc(C)c(-c2ccc(C(F)(F)CN3CCC(C(F)(F)F)CC3)nc2)c(OC(=O)N(C(C)C)C(C)C)c1Cl. The quantitative estimate of drug-likeness (QED) is 0.322. The van der Waals surface area contributed by atoms with Gasteiger partial charge in [-0.3, -0.25) is 14.9 Å². The Kier molecular flexibility index (Phi) is 9.47. The van der Waals surface area contributed by atoms with Gasteiger partial charge in [-0.2, -0.15) is 22.0 Å². The van der Waals surface area contributed by atoms with Crippen molar-refractivity contribution in [3.8, 4) is 16.9 Å². The fraction of sp³-hybridized carbons (Fsp3) is 0.593. The first-order chi connectivity index (χ1) is 18.0. The van der Waals surface area contributed by atoms with Gasteiger partial charge in [-0.05, 0) is 73.5 Å². The summed E-state index contributed by atoms with van der Waals surface area (Å²) in [5.41, 5.74) is 1.11. The highest BCUT2D eigenvalue weighted by Crippen LogP contribution is 2.41. The summed E-state index contributed by atoms with van der Waals surface area (Å²) >= 11 is 6.50. The van der Waals surface area contributed by atoms with Gasteiger partial charge in [0.05, 0.1) is 18.2 Å². The summed E-state index contributed by atoms with van der Waals surface area (Å²) in [6.45, 7) is 9.91. The molecule has 39 heavy (non-hydrogen) atoms. The van der Waals surface area contributed by atoms with Crippen LogP contribution in [-0.2, 0) is 5.92 Å². The van der Waals surface area contributed by atoms with E-state index in [2.05, 4.69) is 9.97 Å². The molecular formula is C27H34ClF5N4O2. The van der Waals surface area contributed by atoms with E-state index in [0.29, 0.717) is 22.5 Å².